The van der Waals surface area contributed by atoms with E-state index < -0.39 is 17.4 Å². The molecule has 0 saturated carbocycles. The van der Waals surface area contributed by atoms with E-state index >= 15 is 0 Å². The number of amides is 1. The number of nitrogens with zero attached hydrogens (tertiary/aromatic N) is 2. The van der Waals surface area contributed by atoms with Gasteiger partial charge in [0.1, 0.15) is 11.6 Å². The van der Waals surface area contributed by atoms with Crippen molar-refractivity contribution in [2.45, 2.75) is 19.1 Å². The van der Waals surface area contributed by atoms with Crippen LogP contribution in [0.25, 0.3) is 0 Å². The van der Waals surface area contributed by atoms with Crippen molar-refractivity contribution in [3.63, 3.8) is 0 Å². The predicted octanol–water partition coefficient (Wildman–Crippen LogP) is 2.60. The van der Waals surface area contributed by atoms with Crippen LogP contribution >= 0.6 is 0 Å². The van der Waals surface area contributed by atoms with Crippen molar-refractivity contribution < 1.29 is 19.4 Å². The molecule has 1 aliphatic rings. The minimum absolute atomic E-state index is 0.0338. The average molecular weight is 314 g/mol. The molecule has 3 rings (SSSR count). The second-order valence-corrected chi connectivity index (χ2v) is 5.47. The first-order valence-electron chi connectivity index (χ1n) is 7.07. The molecular formula is C17H15FN2O3. The molecule has 118 valence electrons. The molecule has 1 heterocycles. The molecule has 23 heavy (non-hydrogen) atoms. The standard InChI is InChI=1S/C17H15FN2O3/c1-11-10-17(23,12-6-8-13(18)9-7-12)20(19-11)16(22)14-4-2-3-5-15(14)21/h2-9,21,23H,10H2,1H3. The van der Waals surface area contributed by atoms with E-state index in [9.17, 15) is 19.4 Å². The van der Waals surface area contributed by atoms with Gasteiger partial charge in [0.15, 0.2) is 5.72 Å². The SMILES string of the molecule is CC1=NN(C(=O)c2ccccc2O)C(O)(c2ccc(F)cc2)C1. The third-order valence-corrected chi connectivity index (χ3v) is 3.76. The monoisotopic (exact) mass is 314 g/mol. The first-order valence-corrected chi connectivity index (χ1v) is 7.07. The third kappa shape index (κ3) is 2.57. The fourth-order valence-electron chi connectivity index (χ4n) is 2.64. The Labute approximate surface area is 132 Å². The highest BCUT2D eigenvalue weighted by atomic mass is 19.1. The van der Waals surface area contributed by atoms with Crippen molar-refractivity contribution in [2.24, 2.45) is 5.10 Å². The molecule has 1 unspecified atom stereocenters. The normalized spacial score (nSPS) is 20.5. The van der Waals surface area contributed by atoms with Gasteiger partial charge in [-0.15, -0.1) is 0 Å². The Morgan fingerprint density at radius 1 is 1.22 bits per heavy atom. The maximum Gasteiger partial charge on any atom is 0.280 e. The molecule has 0 aliphatic carbocycles. The number of benzene rings is 2. The van der Waals surface area contributed by atoms with Crippen LogP contribution in [0.2, 0.25) is 0 Å². The van der Waals surface area contributed by atoms with Gasteiger partial charge in [0, 0.05) is 17.7 Å². The lowest BCUT2D eigenvalue weighted by Gasteiger charge is -2.31. The molecule has 0 aromatic heterocycles. The number of aliphatic hydroxyl groups is 1. The van der Waals surface area contributed by atoms with Gasteiger partial charge in [-0.25, -0.2) is 4.39 Å². The molecule has 1 amide bonds. The summed E-state index contributed by atoms with van der Waals surface area (Å²) < 4.78 is 13.1. The molecule has 1 atom stereocenters. The second-order valence-electron chi connectivity index (χ2n) is 5.47. The minimum Gasteiger partial charge on any atom is -0.507 e. The van der Waals surface area contributed by atoms with Crippen LogP contribution in [0.4, 0.5) is 4.39 Å². The van der Waals surface area contributed by atoms with Gasteiger partial charge >= 0.3 is 0 Å². The first-order chi connectivity index (χ1) is 10.9. The number of hydrogen-bond acceptors (Lipinski definition) is 4. The van der Waals surface area contributed by atoms with Gasteiger partial charge in [0.2, 0.25) is 0 Å². The number of rotatable bonds is 2. The average Bonchev–Trinajstić information content (AvgIpc) is 2.83. The summed E-state index contributed by atoms with van der Waals surface area (Å²) in [5.74, 6) is -1.27. The minimum atomic E-state index is -1.71. The van der Waals surface area contributed by atoms with Crippen molar-refractivity contribution in [1.82, 2.24) is 5.01 Å². The molecule has 0 fully saturated rings. The number of phenolic OH excluding ortho intramolecular Hbond substituents is 1. The highest BCUT2D eigenvalue weighted by Crippen LogP contribution is 2.37. The third-order valence-electron chi connectivity index (χ3n) is 3.76. The molecule has 2 aromatic carbocycles. The predicted molar refractivity (Wildman–Crippen MR) is 82.3 cm³/mol. The van der Waals surface area contributed by atoms with Gasteiger partial charge < -0.3 is 10.2 Å². The Kier molecular flexibility index (Phi) is 3.61. The van der Waals surface area contributed by atoms with Crippen LogP contribution in [0.1, 0.15) is 29.3 Å². The molecule has 1 aliphatic heterocycles. The molecule has 5 nitrogen and oxygen atoms in total. The van der Waals surface area contributed by atoms with E-state index in [0.717, 1.165) is 5.01 Å². The molecule has 0 radical (unpaired) electrons. The zero-order chi connectivity index (χ0) is 16.6. The van der Waals surface area contributed by atoms with E-state index in [0.29, 0.717) is 11.3 Å². The number of carbonyl (C=O) groups excluding carboxylic acids is 1. The Morgan fingerprint density at radius 2 is 1.87 bits per heavy atom. The molecule has 0 spiro atoms. The quantitative estimate of drug-likeness (QED) is 0.895. The van der Waals surface area contributed by atoms with Gasteiger partial charge in [-0.2, -0.15) is 10.1 Å². The summed E-state index contributed by atoms with van der Waals surface area (Å²) in [7, 11) is 0. The van der Waals surface area contributed by atoms with E-state index in [2.05, 4.69) is 5.10 Å². The zero-order valence-electron chi connectivity index (χ0n) is 12.4. The lowest BCUT2D eigenvalue weighted by Crippen LogP contribution is -2.43. The maximum atomic E-state index is 13.1. The number of aromatic hydroxyl groups is 1. The first kappa shape index (κ1) is 15.2. The van der Waals surface area contributed by atoms with Gasteiger partial charge in [-0.1, -0.05) is 24.3 Å². The Hall–Kier alpha value is -2.73. The fraction of sp³-hybridized carbons (Fsp3) is 0.176. The molecule has 0 saturated heterocycles. The summed E-state index contributed by atoms with van der Waals surface area (Å²) in [6, 6.07) is 11.3. The number of halogens is 1. The Balaban J connectivity index is 2.03. The number of carbonyl (C=O) groups is 1. The zero-order valence-corrected chi connectivity index (χ0v) is 12.4. The molecule has 2 aromatic rings. The van der Waals surface area contributed by atoms with E-state index in [1.807, 2.05) is 0 Å². The van der Waals surface area contributed by atoms with Crippen molar-refractivity contribution in [2.75, 3.05) is 0 Å². The van der Waals surface area contributed by atoms with Gasteiger partial charge in [-0.05, 0) is 31.2 Å². The van der Waals surface area contributed by atoms with E-state index in [1.54, 1.807) is 19.1 Å². The van der Waals surface area contributed by atoms with Crippen LogP contribution in [0.5, 0.6) is 5.75 Å². The molecular weight excluding hydrogens is 299 g/mol. The van der Waals surface area contributed by atoms with E-state index in [1.165, 1.54) is 36.4 Å². The topological polar surface area (TPSA) is 73.1 Å². The fourth-order valence-corrected chi connectivity index (χ4v) is 2.64. The smallest absolute Gasteiger partial charge is 0.280 e. The lowest BCUT2D eigenvalue weighted by molar-refractivity contribution is -0.0766. The molecule has 0 bridgehead atoms. The molecule has 6 heteroatoms. The van der Waals surface area contributed by atoms with Crippen LogP contribution in [0.3, 0.4) is 0 Å². The highest BCUT2D eigenvalue weighted by molar-refractivity contribution is 5.99. The summed E-state index contributed by atoms with van der Waals surface area (Å²) in [6.07, 6.45) is 0.109. The van der Waals surface area contributed by atoms with Crippen LogP contribution in [-0.2, 0) is 5.72 Å². The van der Waals surface area contributed by atoms with Gasteiger partial charge in [-0.3, -0.25) is 4.79 Å². The van der Waals surface area contributed by atoms with Crippen molar-refractivity contribution >= 4 is 11.6 Å². The van der Waals surface area contributed by atoms with E-state index in [-0.39, 0.29) is 17.7 Å². The maximum absolute atomic E-state index is 13.1. The highest BCUT2D eigenvalue weighted by Gasteiger charge is 2.45. The van der Waals surface area contributed by atoms with Crippen LogP contribution < -0.4 is 0 Å². The van der Waals surface area contributed by atoms with Crippen LogP contribution in [0.15, 0.2) is 53.6 Å². The van der Waals surface area contributed by atoms with Crippen LogP contribution in [0, 0.1) is 5.82 Å². The van der Waals surface area contributed by atoms with Crippen molar-refractivity contribution in [3.05, 3.63) is 65.5 Å². The largest absolute Gasteiger partial charge is 0.507 e. The summed E-state index contributed by atoms with van der Waals surface area (Å²) >= 11 is 0. The van der Waals surface area contributed by atoms with Crippen molar-refractivity contribution in [1.29, 1.82) is 0 Å². The molecule has 2 N–H and O–H groups in total. The van der Waals surface area contributed by atoms with E-state index in [4.69, 9.17) is 0 Å². The number of para-hydroxylation sites is 1. The summed E-state index contributed by atoms with van der Waals surface area (Å²) in [5.41, 5.74) is -0.771. The summed E-state index contributed by atoms with van der Waals surface area (Å²) in [5, 5.41) is 25.9. The summed E-state index contributed by atoms with van der Waals surface area (Å²) in [4.78, 5) is 12.7. The lowest BCUT2D eigenvalue weighted by atomic mass is 9.97. The number of hydrazone groups is 1. The summed E-state index contributed by atoms with van der Waals surface area (Å²) in [6.45, 7) is 1.69. The Bertz CT molecular complexity index is 789. The number of hydrogen-bond donors (Lipinski definition) is 2. The van der Waals surface area contributed by atoms with Crippen molar-refractivity contribution in [3.8, 4) is 5.75 Å². The Morgan fingerprint density at radius 3 is 2.52 bits per heavy atom. The number of phenols is 1. The van der Waals surface area contributed by atoms with Crippen LogP contribution in [-0.4, -0.2) is 26.8 Å². The second kappa shape index (κ2) is 5.48. The van der Waals surface area contributed by atoms with Gasteiger partial charge in [0.05, 0.1) is 5.56 Å². The van der Waals surface area contributed by atoms with Gasteiger partial charge in [0.25, 0.3) is 5.91 Å².